The molecule has 2 N–H and O–H groups in total. The van der Waals surface area contributed by atoms with Crippen molar-refractivity contribution in [1.29, 1.82) is 0 Å². The summed E-state index contributed by atoms with van der Waals surface area (Å²) in [6, 6.07) is 5.17. The molecule has 1 heterocycles. The molecule has 0 spiro atoms. The van der Waals surface area contributed by atoms with E-state index < -0.39 is 30.0 Å². The summed E-state index contributed by atoms with van der Waals surface area (Å²) in [4.78, 5) is 36.6. The number of hydrogen-bond donors (Lipinski definition) is 2. The molecule has 112 valence electrons. The lowest BCUT2D eigenvalue weighted by molar-refractivity contribution is 0.0507. The zero-order chi connectivity index (χ0) is 15.6. The number of carboxylic acid groups (broad SMARTS) is 1. The third-order valence-electron chi connectivity index (χ3n) is 3.47. The molecule has 7 nitrogen and oxygen atoms in total. The maximum Gasteiger partial charge on any atom is 0.405 e. The van der Waals surface area contributed by atoms with Gasteiger partial charge < -0.3 is 15.2 Å². The highest BCUT2D eigenvalue weighted by Crippen LogP contribution is 2.25. The molecule has 0 unspecified atom stereocenters. The van der Waals surface area contributed by atoms with Gasteiger partial charge >= 0.3 is 6.09 Å². The van der Waals surface area contributed by atoms with E-state index in [9.17, 15) is 14.4 Å². The van der Waals surface area contributed by atoms with Crippen LogP contribution in [0.25, 0.3) is 0 Å². The maximum absolute atomic E-state index is 12.3. The molecule has 2 rings (SSSR count). The summed E-state index contributed by atoms with van der Waals surface area (Å²) in [5.41, 5.74) is 0.668. The fraction of sp³-hybridized carbons (Fsp3) is 0.357. The fourth-order valence-electron chi connectivity index (χ4n) is 2.40. The zero-order valence-corrected chi connectivity index (χ0v) is 11.7. The van der Waals surface area contributed by atoms with E-state index in [4.69, 9.17) is 9.84 Å². The van der Waals surface area contributed by atoms with Crippen LogP contribution in [-0.4, -0.2) is 53.7 Å². The molecule has 1 aliphatic rings. The van der Waals surface area contributed by atoms with Crippen molar-refractivity contribution in [3.05, 3.63) is 35.4 Å². The molecule has 1 aromatic carbocycles. The second kappa shape index (κ2) is 5.92. The lowest BCUT2D eigenvalue weighted by Crippen LogP contribution is -2.53. The van der Waals surface area contributed by atoms with E-state index >= 15 is 0 Å². The monoisotopic (exact) mass is 292 g/mol. The Labute approximate surface area is 121 Å². The van der Waals surface area contributed by atoms with Gasteiger partial charge in [-0.3, -0.25) is 14.5 Å². The molecule has 0 aromatic heterocycles. The molecule has 1 aromatic rings. The predicted molar refractivity (Wildman–Crippen MR) is 73.2 cm³/mol. The second-order valence-corrected chi connectivity index (χ2v) is 4.78. The van der Waals surface area contributed by atoms with Crippen LogP contribution in [0.4, 0.5) is 4.79 Å². The Hall–Kier alpha value is -2.41. The van der Waals surface area contributed by atoms with E-state index in [-0.39, 0.29) is 6.61 Å². The fourth-order valence-corrected chi connectivity index (χ4v) is 2.40. The molecule has 1 aliphatic heterocycles. The van der Waals surface area contributed by atoms with Crippen LogP contribution >= 0.6 is 0 Å². The van der Waals surface area contributed by atoms with Crippen molar-refractivity contribution in [2.24, 2.45) is 0 Å². The van der Waals surface area contributed by atoms with Crippen LogP contribution < -0.4 is 5.32 Å². The molecule has 0 radical (unpaired) electrons. The topological polar surface area (TPSA) is 95.9 Å². The molecule has 7 heteroatoms. The Morgan fingerprint density at radius 2 is 1.81 bits per heavy atom. The highest BCUT2D eigenvalue weighted by atomic mass is 16.5. The number of benzene rings is 1. The third kappa shape index (κ3) is 2.73. The Balaban J connectivity index is 2.27. The zero-order valence-electron chi connectivity index (χ0n) is 11.7. The molecule has 0 saturated carbocycles. The standard InChI is InChI=1S/C14H16N2O5/c1-8(11(7-21-2)15-14(19)20)16-12(17)9-5-3-4-6-10(9)13(16)18/h3-6,8,11,15H,7H2,1-2H3,(H,19,20)/t8-,11+/m0/s1. The van der Waals surface area contributed by atoms with Gasteiger partial charge in [0.25, 0.3) is 11.8 Å². The Kier molecular flexibility index (Phi) is 4.23. The number of nitrogens with zero attached hydrogens (tertiary/aromatic N) is 1. The summed E-state index contributed by atoms with van der Waals surface area (Å²) in [5, 5.41) is 11.1. The summed E-state index contributed by atoms with van der Waals surface area (Å²) >= 11 is 0. The van der Waals surface area contributed by atoms with Crippen LogP contribution in [0, 0.1) is 0 Å². The first-order valence-corrected chi connectivity index (χ1v) is 6.42. The first-order valence-electron chi connectivity index (χ1n) is 6.42. The molecular formula is C14H16N2O5. The Morgan fingerprint density at radius 3 is 2.24 bits per heavy atom. The van der Waals surface area contributed by atoms with E-state index in [1.54, 1.807) is 31.2 Å². The lowest BCUT2D eigenvalue weighted by Gasteiger charge is -2.29. The largest absolute Gasteiger partial charge is 0.465 e. The molecule has 0 aliphatic carbocycles. The average Bonchev–Trinajstić information content (AvgIpc) is 2.70. The molecule has 0 fully saturated rings. The second-order valence-electron chi connectivity index (χ2n) is 4.78. The summed E-state index contributed by atoms with van der Waals surface area (Å²) in [5.74, 6) is -0.840. The van der Waals surface area contributed by atoms with Crippen molar-refractivity contribution in [1.82, 2.24) is 10.2 Å². The van der Waals surface area contributed by atoms with Gasteiger partial charge in [0.05, 0.1) is 29.8 Å². The minimum absolute atomic E-state index is 0.0564. The summed E-state index contributed by atoms with van der Waals surface area (Å²) in [6.45, 7) is 1.67. The van der Waals surface area contributed by atoms with Crippen molar-refractivity contribution in [2.75, 3.05) is 13.7 Å². The molecular weight excluding hydrogens is 276 g/mol. The maximum atomic E-state index is 12.3. The van der Waals surface area contributed by atoms with Gasteiger partial charge in [0.2, 0.25) is 0 Å². The van der Waals surface area contributed by atoms with E-state index in [0.717, 1.165) is 4.90 Å². The number of hydrogen-bond acceptors (Lipinski definition) is 4. The molecule has 0 bridgehead atoms. The van der Waals surface area contributed by atoms with Gasteiger partial charge in [-0.1, -0.05) is 12.1 Å². The van der Waals surface area contributed by atoms with Crippen LogP contribution in [0.3, 0.4) is 0 Å². The quantitative estimate of drug-likeness (QED) is 0.788. The normalized spacial score (nSPS) is 16.6. The van der Waals surface area contributed by atoms with Crippen molar-refractivity contribution in [3.8, 4) is 0 Å². The average molecular weight is 292 g/mol. The van der Waals surface area contributed by atoms with Crippen molar-refractivity contribution >= 4 is 17.9 Å². The van der Waals surface area contributed by atoms with Gasteiger partial charge in [0.1, 0.15) is 0 Å². The Bertz CT molecular complexity index is 551. The van der Waals surface area contributed by atoms with Crippen molar-refractivity contribution in [3.63, 3.8) is 0 Å². The molecule has 2 atom stereocenters. The van der Waals surface area contributed by atoms with Crippen molar-refractivity contribution < 1.29 is 24.2 Å². The van der Waals surface area contributed by atoms with E-state index in [1.165, 1.54) is 7.11 Å². The predicted octanol–water partition coefficient (Wildman–Crippen LogP) is 0.954. The van der Waals surface area contributed by atoms with Crippen LogP contribution in [0.15, 0.2) is 24.3 Å². The highest BCUT2D eigenvalue weighted by molar-refractivity contribution is 6.21. The minimum Gasteiger partial charge on any atom is -0.465 e. The molecule has 3 amide bonds. The third-order valence-corrected chi connectivity index (χ3v) is 3.47. The van der Waals surface area contributed by atoms with Crippen LogP contribution in [0.1, 0.15) is 27.6 Å². The summed E-state index contributed by atoms with van der Waals surface area (Å²) in [6.07, 6.45) is -1.24. The summed E-state index contributed by atoms with van der Waals surface area (Å²) in [7, 11) is 1.42. The number of amides is 3. The highest BCUT2D eigenvalue weighted by Gasteiger charge is 2.41. The number of carbonyl (C=O) groups is 3. The SMILES string of the molecule is COC[C@@H](NC(=O)O)[C@H](C)N1C(=O)c2ccccc2C1=O. The number of imide groups is 1. The van der Waals surface area contributed by atoms with Gasteiger partial charge in [-0.15, -0.1) is 0 Å². The van der Waals surface area contributed by atoms with Gasteiger partial charge in [-0.05, 0) is 19.1 Å². The van der Waals surface area contributed by atoms with Crippen molar-refractivity contribution in [2.45, 2.75) is 19.0 Å². The van der Waals surface area contributed by atoms with E-state index in [0.29, 0.717) is 11.1 Å². The first kappa shape index (κ1) is 15.0. The number of ether oxygens (including phenoxy) is 1. The van der Waals surface area contributed by atoms with E-state index in [2.05, 4.69) is 5.32 Å². The number of nitrogens with one attached hydrogen (secondary N) is 1. The van der Waals surface area contributed by atoms with Crippen LogP contribution in [-0.2, 0) is 4.74 Å². The number of rotatable bonds is 5. The number of carbonyl (C=O) groups excluding carboxylic acids is 2. The number of fused-ring (bicyclic) bond motifs is 1. The molecule has 21 heavy (non-hydrogen) atoms. The van der Waals surface area contributed by atoms with Gasteiger partial charge in [0.15, 0.2) is 0 Å². The molecule has 0 saturated heterocycles. The van der Waals surface area contributed by atoms with Gasteiger partial charge in [-0.2, -0.15) is 0 Å². The van der Waals surface area contributed by atoms with Gasteiger partial charge in [-0.25, -0.2) is 4.79 Å². The first-order chi connectivity index (χ1) is 9.97. The summed E-state index contributed by atoms with van der Waals surface area (Å²) < 4.78 is 4.96. The van der Waals surface area contributed by atoms with Gasteiger partial charge in [0, 0.05) is 7.11 Å². The lowest BCUT2D eigenvalue weighted by atomic mass is 10.1. The number of methoxy groups -OCH3 is 1. The van der Waals surface area contributed by atoms with Crippen LogP contribution in [0.5, 0.6) is 0 Å². The Morgan fingerprint density at radius 1 is 1.29 bits per heavy atom. The minimum atomic E-state index is -1.24. The van der Waals surface area contributed by atoms with Crippen LogP contribution in [0.2, 0.25) is 0 Å². The smallest absolute Gasteiger partial charge is 0.405 e. The van der Waals surface area contributed by atoms with E-state index in [1.807, 2.05) is 0 Å².